The molecule has 1 aliphatic carbocycles. The van der Waals surface area contributed by atoms with Crippen LogP contribution in [-0.4, -0.2) is 37.1 Å². The van der Waals surface area contributed by atoms with Crippen molar-refractivity contribution in [2.24, 2.45) is 5.92 Å². The van der Waals surface area contributed by atoms with Gasteiger partial charge < -0.3 is 14.8 Å². The number of carbonyl (C=O) groups is 2. The van der Waals surface area contributed by atoms with Gasteiger partial charge in [0.2, 0.25) is 0 Å². The quantitative estimate of drug-likeness (QED) is 0.430. The minimum absolute atomic E-state index is 0.0284. The standard InChI is InChI=1S/C21H21BrN6O4/c22-16-10-24-17(11-23-16)26-21-28-27-20(32-21)19(31)25-15-7-5-14(6-8-15)13-3-1-12(2-4-13)9-18(29)30/h5-8,10-13H,1-4,9H2,(H,25,31)(H,29,30)(H,24,26,28)/t12-,13-. The zero-order valence-electron chi connectivity index (χ0n) is 17.0. The van der Waals surface area contributed by atoms with Crippen LogP contribution >= 0.6 is 15.9 Å². The second-order valence-corrected chi connectivity index (χ2v) is 8.47. The molecule has 32 heavy (non-hydrogen) atoms. The lowest BCUT2D eigenvalue weighted by atomic mass is 9.77. The molecule has 0 saturated heterocycles. The zero-order valence-corrected chi connectivity index (χ0v) is 18.6. The summed E-state index contributed by atoms with van der Waals surface area (Å²) >= 11 is 3.20. The summed E-state index contributed by atoms with van der Waals surface area (Å²) < 4.78 is 5.93. The van der Waals surface area contributed by atoms with Crippen LogP contribution in [0.3, 0.4) is 0 Å². The third-order valence-electron chi connectivity index (χ3n) is 5.42. The first-order valence-corrected chi connectivity index (χ1v) is 11.0. The normalized spacial score (nSPS) is 18.2. The number of hydrogen-bond donors (Lipinski definition) is 3. The van der Waals surface area contributed by atoms with E-state index in [9.17, 15) is 9.59 Å². The molecule has 1 fully saturated rings. The molecule has 1 aliphatic rings. The summed E-state index contributed by atoms with van der Waals surface area (Å²) in [7, 11) is 0. The molecule has 1 saturated carbocycles. The third kappa shape index (κ3) is 5.67. The number of nitrogens with one attached hydrogen (secondary N) is 2. The predicted octanol–water partition coefficient (Wildman–Crippen LogP) is 4.37. The molecule has 11 heteroatoms. The largest absolute Gasteiger partial charge is 0.481 e. The summed E-state index contributed by atoms with van der Waals surface area (Å²) in [5, 5.41) is 22.0. The number of carbonyl (C=O) groups excluding carboxylic acids is 1. The molecule has 0 unspecified atom stereocenters. The first kappa shape index (κ1) is 21.9. The van der Waals surface area contributed by atoms with Crippen molar-refractivity contribution in [1.29, 1.82) is 0 Å². The van der Waals surface area contributed by atoms with Crippen LogP contribution in [0, 0.1) is 5.92 Å². The average Bonchev–Trinajstić information content (AvgIpc) is 3.25. The highest BCUT2D eigenvalue weighted by Gasteiger charge is 2.24. The van der Waals surface area contributed by atoms with Gasteiger partial charge in [-0.05, 0) is 71.1 Å². The summed E-state index contributed by atoms with van der Waals surface area (Å²) in [4.78, 5) is 31.4. The van der Waals surface area contributed by atoms with Gasteiger partial charge in [0, 0.05) is 12.1 Å². The molecule has 0 spiro atoms. The number of rotatable bonds is 7. The fraction of sp³-hybridized carbons (Fsp3) is 0.333. The number of anilines is 3. The van der Waals surface area contributed by atoms with Crippen molar-refractivity contribution in [2.45, 2.75) is 38.0 Å². The Kier molecular flexibility index (Phi) is 6.74. The maximum absolute atomic E-state index is 12.4. The number of aromatic nitrogens is 4. The van der Waals surface area contributed by atoms with Crippen LogP contribution < -0.4 is 10.6 Å². The molecular weight excluding hydrogens is 480 g/mol. The molecule has 0 atom stereocenters. The second kappa shape index (κ2) is 9.86. The Morgan fingerprint density at radius 2 is 1.81 bits per heavy atom. The fourth-order valence-electron chi connectivity index (χ4n) is 3.82. The molecule has 10 nitrogen and oxygen atoms in total. The Balaban J connectivity index is 1.31. The Morgan fingerprint density at radius 3 is 2.47 bits per heavy atom. The molecular formula is C21H21BrN6O4. The molecule has 1 aromatic carbocycles. The lowest BCUT2D eigenvalue weighted by Gasteiger charge is -2.28. The van der Waals surface area contributed by atoms with E-state index in [0.717, 1.165) is 25.7 Å². The molecule has 0 aliphatic heterocycles. The lowest BCUT2D eigenvalue weighted by molar-refractivity contribution is -0.138. The van der Waals surface area contributed by atoms with Crippen molar-refractivity contribution in [3.8, 4) is 0 Å². The van der Waals surface area contributed by atoms with Crippen LogP contribution in [0.15, 0.2) is 45.7 Å². The van der Waals surface area contributed by atoms with E-state index < -0.39 is 11.9 Å². The van der Waals surface area contributed by atoms with Crippen LogP contribution in [0.5, 0.6) is 0 Å². The number of benzene rings is 1. The molecule has 3 aromatic rings. The van der Waals surface area contributed by atoms with E-state index >= 15 is 0 Å². The van der Waals surface area contributed by atoms with Crippen LogP contribution in [0.2, 0.25) is 0 Å². The van der Waals surface area contributed by atoms with Crippen LogP contribution in [0.1, 0.15) is 54.3 Å². The van der Waals surface area contributed by atoms with E-state index in [1.165, 1.54) is 18.0 Å². The van der Waals surface area contributed by atoms with E-state index in [0.29, 0.717) is 22.0 Å². The van der Waals surface area contributed by atoms with Gasteiger partial charge in [0.1, 0.15) is 4.60 Å². The van der Waals surface area contributed by atoms with Gasteiger partial charge in [-0.3, -0.25) is 14.9 Å². The molecule has 0 radical (unpaired) electrons. The number of amides is 1. The summed E-state index contributed by atoms with van der Waals surface area (Å²) in [5.41, 5.74) is 1.81. The highest BCUT2D eigenvalue weighted by molar-refractivity contribution is 9.10. The lowest BCUT2D eigenvalue weighted by Crippen LogP contribution is -2.16. The van der Waals surface area contributed by atoms with Crippen molar-refractivity contribution in [3.63, 3.8) is 0 Å². The van der Waals surface area contributed by atoms with Crippen molar-refractivity contribution >= 4 is 45.3 Å². The minimum atomic E-state index is -0.723. The number of aliphatic carboxylic acids is 1. The first-order chi connectivity index (χ1) is 15.5. The number of carboxylic acid groups (broad SMARTS) is 1. The number of hydrogen-bond acceptors (Lipinski definition) is 8. The SMILES string of the molecule is O=C(O)C[C@H]1CC[C@H](c2ccc(NC(=O)c3nnc(Nc4cnc(Br)cn4)o3)cc2)CC1. The molecule has 1 amide bonds. The maximum Gasteiger partial charge on any atom is 0.321 e. The number of carboxylic acids is 1. The summed E-state index contributed by atoms with van der Waals surface area (Å²) in [5.74, 6) is -0.341. The molecule has 166 valence electrons. The second-order valence-electron chi connectivity index (χ2n) is 7.65. The van der Waals surface area contributed by atoms with Crippen molar-refractivity contribution in [3.05, 3.63) is 52.7 Å². The highest BCUT2D eigenvalue weighted by Crippen LogP contribution is 2.37. The van der Waals surface area contributed by atoms with Gasteiger partial charge in [-0.2, -0.15) is 0 Å². The summed E-state index contributed by atoms with van der Waals surface area (Å²) in [6.45, 7) is 0. The van der Waals surface area contributed by atoms with E-state index in [1.54, 1.807) is 0 Å². The zero-order chi connectivity index (χ0) is 22.5. The molecule has 3 N–H and O–H groups in total. The smallest absolute Gasteiger partial charge is 0.321 e. The van der Waals surface area contributed by atoms with Crippen molar-refractivity contribution in [2.75, 3.05) is 10.6 Å². The number of nitrogens with zero attached hydrogens (tertiary/aromatic N) is 4. The summed E-state index contributed by atoms with van der Waals surface area (Å²) in [6, 6.07) is 7.68. The molecule has 4 rings (SSSR count). The molecule has 0 bridgehead atoms. The van der Waals surface area contributed by atoms with Gasteiger partial charge in [-0.15, -0.1) is 5.10 Å². The van der Waals surface area contributed by atoms with Gasteiger partial charge >= 0.3 is 23.8 Å². The van der Waals surface area contributed by atoms with Gasteiger partial charge in [-0.1, -0.05) is 17.2 Å². The minimum Gasteiger partial charge on any atom is -0.481 e. The van der Waals surface area contributed by atoms with E-state index in [2.05, 4.69) is 46.7 Å². The van der Waals surface area contributed by atoms with Crippen molar-refractivity contribution in [1.82, 2.24) is 20.2 Å². The van der Waals surface area contributed by atoms with Crippen LogP contribution in [-0.2, 0) is 4.79 Å². The van der Waals surface area contributed by atoms with Crippen LogP contribution in [0.4, 0.5) is 17.5 Å². The predicted molar refractivity (Wildman–Crippen MR) is 119 cm³/mol. The Bertz CT molecular complexity index is 1080. The van der Waals surface area contributed by atoms with Gasteiger partial charge in [0.05, 0.1) is 12.4 Å². The maximum atomic E-state index is 12.4. The third-order valence-corrected chi connectivity index (χ3v) is 5.83. The Hall–Kier alpha value is -3.34. The fourth-order valence-corrected chi connectivity index (χ4v) is 4.03. The molecule has 2 aromatic heterocycles. The van der Waals surface area contributed by atoms with E-state index in [-0.39, 0.29) is 24.2 Å². The van der Waals surface area contributed by atoms with E-state index in [1.807, 2.05) is 24.3 Å². The highest BCUT2D eigenvalue weighted by atomic mass is 79.9. The Morgan fingerprint density at radius 1 is 1.06 bits per heavy atom. The van der Waals surface area contributed by atoms with E-state index in [4.69, 9.17) is 9.52 Å². The van der Waals surface area contributed by atoms with Gasteiger partial charge in [0.25, 0.3) is 0 Å². The van der Waals surface area contributed by atoms with Crippen LogP contribution in [0.25, 0.3) is 0 Å². The summed E-state index contributed by atoms with van der Waals surface area (Å²) in [6.07, 6.45) is 7.05. The first-order valence-electron chi connectivity index (χ1n) is 10.2. The Labute approximate surface area is 192 Å². The van der Waals surface area contributed by atoms with Crippen molar-refractivity contribution < 1.29 is 19.1 Å². The van der Waals surface area contributed by atoms with Gasteiger partial charge in [0.15, 0.2) is 5.82 Å². The number of halogens is 1. The van der Waals surface area contributed by atoms with Gasteiger partial charge in [-0.25, -0.2) is 9.97 Å². The average molecular weight is 501 g/mol. The topological polar surface area (TPSA) is 143 Å². The monoisotopic (exact) mass is 500 g/mol. The molecule has 2 heterocycles.